The van der Waals surface area contributed by atoms with E-state index >= 15 is 0 Å². The number of hydrogen-bond donors (Lipinski definition) is 1. The molecule has 2 aliphatic heterocycles. The van der Waals surface area contributed by atoms with Crippen LogP contribution in [0.15, 0.2) is 0 Å². The van der Waals surface area contributed by atoms with Crippen molar-refractivity contribution < 1.29 is 17.7 Å². The van der Waals surface area contributed by atoms with Gasteiger partial charge in [-0.3, -0.25) is 9.08 Å². The Morgan fingerprint density at radius 1 is 1.53 bits per heavy atom. The van der Waals surface area contributed by atoms with Gasteiger partial charge in [-0.1, -0.05) is 0 Å². The van der Waals surface area contributed by atoms with Gasteiger partial charge in [-0.2, -0.15) is 8.42 Å². The fraction of sp³-hybridized carbons (Fsp3) is 1.00. The maximum absolute atomic E-state index is 11.0. The lowest BCUT2D eigenvalue weighted by Gasteiger charge is -2.19. The van der Waals surface area contributed by atoms with Gasteiger partial charge in [-0.15, -0.1) is 0 Å². The summed E-state index contributed by atoms with van der Waals surface area (Å²) in [7, 11) is -3.42. The summed E-state index contributed by atoms with van der Waals surface area (Å²) in [4.78, 5) is 2.22. The molecule has 15 heavy (non-hydrogen) atoms. The summed E-state index contributed by atoms with van der Waals surface area (Å²) < 4.78 is 27.1. The van der Waals surface area contributed by atoms with Crippen LogP contribution in [0.5, 0.6) is 0 Å². The largest absolute Gasteiger partial charge is 0.396 e. The second-order valence-electron chi connectivity index (χ2n) is 4.39. The molecule has 0 radical (unpaired) electrons. The van der Waals surface area contributed by atoms with E-state index in [2.05, 4.69) is 4.90 Å². The second-order valence-corrected chi connectivity index (χ2v) is 5.99. The lowest BCUT2D eigenvalue weighted by Crippen LogP contribution is -2.31. The van der Waals surface area contributed by atoms with Gasteiger partial charge in [0, 0.05) is 25.1 Å². The number of nitrogens with zero attached hydrogens (tertiary/aromatic N) is 1. The third-order valence-electron chi connectivity index (χ3n) is 3.31. The zero-order valence-corrected chi connectivity index (χ0v) is 9.61. The first-order chi connectivity index (χ1) is 7.01. The lowest BCUT2D eigenvalue weighted by molar-refractivity contribution is 0.113. The summed E-state index contributed by atoms with van der Waals surface area (Å²) in [5.74, 6) is -0.0535. The van der Waals surface area contributed by atoms with Crippen molar-refractivity contribution >= 4 is 10.1 Å². The fourth-order valence-electron chi connectivity index (χ4n) is 2.74. The topological polar surface area (TPSA) is 66.8 Å². The van der Waals surface area contributed by atoms with E-state index in [1.54, 1.807) is 0 Å². The fourth-order valence-corrected chi connectivity index (χ4v) is 3.40. The standard InChI is InChI=1S/C9H17NO4S/c1-15(12,13)14-9-5-10-4-2-3-8(10)7(9)6-11/h7-9,11H,2-6H2,1H3. The number of aliphatic hydroxyl groups excluding tert-OH is 1. The van der Waals surface area contributed by atoms with E-state index in [4.69, 9.17) is 4.18 Å². The Bertz CT molecular complexity index is 329. The first-order valence-corrected chi connectivity index (χ1v) is 7.06. The Balaban J connectivity index is 2.07. The van der Waals surface area contributed by atoms with Crippen molar-refractivity contribution in [3.63, 3.8) is 0 Å². The molecular formula is C9H17NO4S. The minimum atomic E-state index is -3.42. The molecule has 2 heterocycles. The molecule has 88 valence electrons. The summed E-state index contributed by atoms with van der Waals surface area (Å²) in [6, 6.07) is 0.307. The van der Waals surface area contributed by atoms with E-state index in [0.717, 1.165) is 25.6 Å². The minimum absolute atomic E-state index is 0.00134. The maximum atomic E-state index is 11.0. The zero-order valence-electron chi connectivity index (χ0n) is 8.80. The molecule has 2 fully saturated rings. The molecule has 0 aliphatic carbocycles. The summed E-state index contributed by atoms with van der Waals surface area (Å²) >= 11 is 0. The average Bonchev–Trinajstić information content (AvgIpc) is 2.60. The molecule has 0 aromatic heterocycles. The first kappa shape index (κ1) is 11.3. The van der Waals surface area contributed by atoms with Gasteiger partial charge in [0.2, 0.25) is 0 Å². The van der Waals surface area contributed by atoms with Gasteiger partial charge in [0.05, 0.1) is 12.4 Å². The minimum Gasteiger partial charge on any atom is -0.396 e. The van der Waals surface area contributed by atoms with Crippen LogP contribution in [-0.4, -0.2) is 56.5 Å². The second kappa shape index (κ2) is 4.01. The van der Waals surface area contributed by atoms with Gasteiger partial charge in [-0.05, 0) is 19.4 Å². The number of hydrogen-bond acceptors (Lipinski definition) is 5. The number of rotatable bonds is 3. The van der Waals surface area contributed by atoms with Crippen LogP contribution in [0.2, 0.25) is 0 Å². The number of aliphatic hydroxyl groups is 1. The molecule has 3 atom stereocenters. The molecule has 6 heteroatoms. The molecule has 5 nitrogen and oxygen atoms in total. The van der Waals surface area contributed by atoms with E-state index in [1.807, 2.05) is 0 Å². The third-order valence-corrected chi connectivity index (χ3v) is 3.91. The van der Waals surface area contributed by atoms with E-state index in [9.17, 15) is 13.5 Å². The van der Waals surface area contributed by atoms with Crippen molar-refractivity contribution in [2.45, 2.75) is 25.0 Å². The Labute approximate surface area is 90.1 Å². The summed E-state index contributed by atoms with van der Waals surface area (Å²) in [5.41, 5.74) is 0. The van der Waals surface area contributed by atoms with Crippen LogP contribution in [0.1, 0.15) is 12.8 Å². The van der Waals surface area contributed by atoms with E-state index in [1.165, 1.54) is 0 Å². The van der Waals surface area contributed by atoms with Gasteiger partial charge < -0.3 is 5.11 Å². The molecule has 0 bridgehead atoms. The Morgan fingerprint density at radius 2 is 2.27 bits per heavy atom. The van der Waals surface area contributed by atoms with E-state index < -0.39 is 10.1 Å². The van der Waals surface area contributed by atoms with Gasteiger partial charge in [0.1, 0.15) is 0 Å². The van der Waals surface area contributed by atoms with E-state index in [0.29, 0.717) is 12.6 Å². The van der Waals surface area contributed by atoms with Crippen LogP contribution < -0.4 is 0 Å². The Kier molecular flexibility index (Phi) is 3.03. The molecule has 0 amide bonds. The Hall–Kier alpha value is -0.170. The van der Waals surface area contributed by atoms with Crippen LogP contribution >= 0.6 is 0 Å². The molecule has 0 aromatic carbocycles. The first-order valence-electron chi connectivity index (χ1n) is 5.24. The van der Waals surface area contributed by atoms with Crippen LogP contribution in [0, 0.1) is 5.92 Å². The molecule has 0 saturated carbocycles. The number of fused-ring (bicyclic) bond motifs is 1. The smallest absolute Gasteiger partial charge is 0.264 e. The molecule has 2 aliphatic rings. The Morgan fingerprint density at radius 3 is 2.87 bits per heavy atom. The van der Waals surface area contributed by atoms with Crippen molar-refractivity contribution in [1.29, 1.82) is 0 Å². The summed E-state index contributed by atoms with van der Waals surface area (Å²) in [6.07, 6.45) is 2.86. The maximum Gasteiger partial charge on any atom is 0.264 e. The third kappa shape index (κ3) is 2.33. The molecule has 3 unspecified atom stereocenters. The van der Waals surface area contributed by atoms with Crippen molar-refractivity contribution in [2.24, 2.45) is 5.92 Å². The van der Waals surface area contributed by atoms with Crippen LogP contribution in [-0.2, 0) is 14.3 Å². The van der Waals surface area contributed by atoms with Crippen LogP contribution in [0.4, 0.5) is 0 Å². The average molecular weight is 235 g/mol. The van der Waals surface area contributed by atoms with Crippen molar-refractivity contribution in [1.82, 2.24) is 4.90 Å². The normalized spacial score (nSPS) is 37.1. The summed E-state index contributed by atoms with van der Waals surface area (Å²) in [5, 5.41) is 9.28. The highest BCUT2D eigenvalue weighted by Gasteiger charge is 2.45. The van der Waals surface area contributed by atoms with Gasteiger partial charge in [0.25, 0.3) is 10.1 Å². The molecule has 1 N–H and O–H groups in total. The molecule has 2 rings (SSSR count). The van der Waals surface area contributed by atoms with Gasteiger partial charge in [0.15, 0.2) is 0 Å². The predicted molar refractivity (Wildman–Crippen MR) is 54.9 cm³/mol. The predicted octanol–water partition coefficient (Wildman–Crippen LogP) is -0.582. The van der Waals surface area contributed by atoms with Gasteiger partial charge in [-0.25, -0.2) is 0 Å². The highest BCUT2D eigenvalue weighted by atomic mass is 32.2. The zero-order chi connectivity index (χ0) is 11.1. The molecular weight excluding hydrogens is 218 g/mol. The SMILES string of the molecule is CS(=O)(=O)OC1CN2CCCC2C1CO. The van der Waals surface area contributed by atoms with Crippen LogP contribution in [0.25, 0.3) is 0 Å². The highest BCUT2D eigenvalue weighted by molar-refractivity contribution is 7.86. The van der Waals surface area contributed by atoms with E-state index in [-0.39, 0.29) is 18.6 Å². The molecule has 2 saturated heterocycles. The van der Waals surface area contributed by atoms with Crippen molar-refractivity contribution in [3.05, 3.63) is 0 Å². The molecule has 0 aromatic rings. The quantitative estimate of drug-likeness (QED) is 0.663. The van der Waals surface area contributed by atoms with Crippen molar-refractivity contribution in [3.8, 4) is 0 Å². The van der Waals surface area contributed by atoms with Crippen LogP contribution in [0.3, 0.4) is 0 Å². The monoisotopic (exact) mass is 235 g/mol. The van der Waals surface area contributed by atoms with Gasteiger partial charge >= 0.3 is 0 Å². The van der Waals surface area contributed by atoms with Crippen molar-refractivity contribution in [2.75, 3.05) is 26.0 Å². The summed E-state index contributed by atoms with van der Waals surface area (Å²) in [6.45, 7) is 1.62. The molecule has 0 spiro atoms. The highest BCUT2D eigenvalue weighted by Crippen LogP contribution is 2.34. The lowest BCUT2D eigenvalue weighted by atomic mass is 9.97.